The van der Waals surface area contributed by atoms with E-state index in [1.54, 1.807) is 6.92 Å². The van der Waals surface area contributed by atoms with Crippen LogP contribution in [0.5, 0.6) is 0 Å². The number of anilines is 1. The number of nitrogens with zero attached hydrogens (tertiary/aromatic N) is 2. The fraction of sp³-hybridized carbons (Fsp3) is 0.185. The van der Waals surface area contributed by atoms with Crippen LogP contribution in [0.3, 0.4) is 0 Å². The second-order valence-electron chi connectivity index (χ2n) is 7.80. The predicted molar refractivity (Wildman–Crippen MR) is 126 cm³/mol. The molecule has 0 radical (unpaired) electrons. The number of pyridine rings is 1. The van der Waals surface area contributed by atoms with Crippen LogP contribution < -0.4 is 9.47 Å². The quantitative estimate of drug-likeness (QED) is 0.300. The maximum Gasteiger partial charge on any atom is 0.333 e. The van der Waals surface area contributed by atoms with Crippen molar-refractivity contribution < 1.29 is 14.1 Å². The molecule has 0 aliphatic rings. The summed E-state index contributed by atoms with van der Waals surface area (Å²) in [7, 11) is 4.08. The normalized spacial score (nSPS) is 10.8. The number of benzene rings is 2. The van der Waals surface area contributed by atoms with Crippen LogP contribution in [0.1, 0.15) is 29.2 Å². The number of ether oxygens (including phenoxy) is 1. The summed E-state index contributed by atoms with van der Waals surface area (Å²) < 4.78 is 7.32. The lowest BCUT2D eigenvalue weighted by molar-refractivity contribution is -0.688. The molecular weight excluding hydrogens is 384 g/mol. The molecule has 0 unspecified atom stereocenters. The number of rotatable bonds is 8. The van der Waals surface area contributed by atoms with Crippen LogP contribution in [-0.4, -0.2) is 20.1 Å². The van der Waals surface area contributed by atoms with Crippen LogP contribution in [0.25, 0.3) is 12.2 Å². The molecule has 0 aliphatic carbocycles. The van der Waals surface area contributed by atoms with Gasteiger partial charge in [0, 0.05) is 43.1 Å². The van der Waals surface area contributed by atoms with Crippen molar-refractivity contribution in [2.45, 2.75) is 20.1 Å². The van der Waals surface area contributed by atoms with Gasteiger partial charge in [0.25, 0.3) is 0 Å². The highest BCUT2D eigenvalue weighted by atomic mass is 16.5. The Morgan fingerprint density at radius 1 is 0.903 bits per heavy atom. The number of hydrogen-bond donors (Lipinski definition) is 0. The SMILES string of the molecule is C=C(C)C(=O)OCc1ccc(C[n+]2ccc(C=Cc3ccc(N(C)C)cc3)cc2)cc1. The van der Waals surface area contributed by atoms with Gasteiger partial charge in [0.15, 0.2) is 18.9 Å². The molecule has 0 spiro atoms. The minimum Gasteiger partial charge on any atom is -0.457 e. The first-order valence-corrected chi connectivity index (χ1v) is 10.3. The zero-order valence-corrected chi connectivity index (χ0v) is 18.4. The van der Waals surface area contributed by atoms with Gasteiger partial charge in [-0.15, -0.1) is 0 Å². The molecule has 3 aromatic rings. The van der Waals surface area contributed by atoms with E-state index in [9.17, 15) is 4.79 Å². The van der Waals surface area contributed by atoms with E-state index in [-0.39, 0.29) is 12.6 Å². The van der Waals surface area contributed by atoms with Crippen molar-refractivity contribution in [2.24, 2.45) is 0 Å². The smallest absolute Gasteiger partial charge is 0.333 e. The molecule has 2 aromatic carbocycles. The van der Waals surface area contributed by atoms with Crippen LogP contribution in [0.2, 0.25) is 0 Å². The molecule has 0 atom stereocenters. The van der Waals surface area contributed by atoms with Crippen LogP contribution in [0.15, 0.2) is 85.2 Å². The third kappa shape index (κ3) is 6.68. The number of carbonyl (C=O) groups excluding carboxylic acids is 1. The van der Waals surface area contributed by atoms with Gasteiger partial charge in [0.05, 0.1) is 0 Å². The molecule has 0 fully saturated rings. The van der Waals surface area contributed by atoms with Gasteiger partial charge in [-0.05, 0) is 35.7 Å². The van der Waals surface area contributed by atoms with Crippen molar-refractivity contribution >= 4 is 23.8 Å². The van der Waals surface area contributed by atoms with Gasteiger partial charge in [-0.1, -0.05) is 55.1 Å². The van der Waals surface area contributed by atoms with Gasteiger partial charge in [-0.2, -0.15) is 0 Å². The lowest BCUT2D eigenvalue weighted by Crippen LogP contribution is -2.33. The third-order valence-electron chi connectivity index (χ3n) is 4.90. The van der Waals surface area contributed by atoms with Gasteiger partial charge < -0.3 is 9.64 Å². The first-order valence-electron chi connectivity index (χ1n) is 10.3. The van der Waals surface area contributed by atoms with Crippen LogP contribution in [0.4, 0.5) is 5.69 Å². The molecule has 0 amide bonds. The van der Waals surface area contributed by atoms with Crippen molar-refractivity contribution in [2.75, 3.05) is 19.0 Å². The van der Waals surface area contributed by atoms with E-state index in [1.165, 1.54) is 16.8 Å². The topological polar surface area (TPSA) is 33.4 Å². The summed E-state index contributed by atoms with van der Waals surface area (Å²) in [6, 6.07) is 20.8. The molecule has 0 aliphatic heterocycles. The summed E-state index contributed by atoms with van der Waals surface area (Å²) in [5, 5.41) is 0. The Labute approximate surface area is 184 Å². The average Bonchev–Trinajstić information content (AvgIpc) is 2.78. The molecule has 0 bridgehead atoms. The highest BCUT2D eigenvalue weighted by molar-refractivity contribution is 5.86. The van der Waals surface area contributed by atoms with Crippen molar-refractivity contribution in [1.82, 2.24) is 0 Å². The lowest BCUT2D eigenvalue weighted by atomic mass is 10.1. The van der Waals surface area contributed by atoms with E-state index in [4.69, 9.17) is 4.74 Å². The molecule has 0 saturated heterocycles. The summed E-state index contributed by atoms with van der Waals surface area (Å²) in [4.78, 5) is 13.6. The van der Waals surface area contributed by atoms with Gasteiger partial charge in [-0.25, -0.2) is 9.36 Å². The average molecular weight is 414 g/mol. The van der Waals surface area contributed by atoms with Gasteiger partial charge >= 0.3 is 5.97 Å². The Hall–Kier alpha value is -3.66. The molecule has 4 heteroatoms. The van der Waals surface area contributed by atoms with Crippen LogP contribution in [0, 0.1) is 0 Å². The predicted octanol–water partition coefficient (Wildman–Crippen LogP) is 4.88. The standard InChI is InChI=1S/C27H29N2O2/c1-21(2)27(30)31-20-25-9-7-24(8-10-25)19-29-17-15-23(16-18-29)6-5-22-11-13-26(14-12-22)28(3)4/h5-18H,1,19-20H2,2-4H3/q+1. The third-order valence-corrected chi connectivity index (χ3v) is 4.90. The van der Waals surface area contributed by atoms with E-state index in [2.05, 4.69) is 89.1 Å². The largest absolute Gasteiger partial charge is 0.457 e. The van der Waals surface area contributed by atoms with E-state index < -0.39 is 0 Å². The zero-order valence-electron chi connectivity index (χ0n) is 18.4. The monoisotopic (exact) mass is 413 g/mol. The Morgan fingerprint density at radius 3 is 2.00 bits per heavy atom. The summed E-state index contributed by atoms with van der Waals surface area (Å²) in [5.74, 6) is -0.362. The van der Waals surface area contributed by atoms with Crippen LogP contribution in [-0.2, 0) is 22.7 Å². The fourth-order valence-corrected chi connectivity index (χ4v) is 2.99. The van der Waals surface area contributed by atoms with Crippen molar-refractivity contribution in [1.29, 1.82) is 0 Å². The van der Waals surface area contributed by atoms with E-state index in [1.807, 2.05) is 26.2 Å². The molecule has 1 aromatic heterocycles. The minimum absolute atomic E-state index is 0.262. The van der Waals surface area contributed by atoms with E-state index in [0.29, 0.717) is 5.57 Å². The van der Waals surface area contributed by atoms with E-state index in [0.717, 1.165) is 17.7 Å². The van der Waals surface area contributed by atoms with Crippen molar-refractivity contribution in [3.8, 4) is 0 Å². The maximum atomic E-state index is 11.5. The number of hydrogen-bond acceptors (Lipinski definition) is 3. The Kier molecular flexibility index (Phi) is 7.39. The summed E-state index contributed by atoms with van der Waals surface area (Å²) in [5.41, 5.74) is 6.08. The summed E-state index contributed by atoms with van der Waals surface area (Å²) >= 11 is 0. The Bertz CT molecular complexity index is 1050. The Morgan fingerprint density at radius 2 is 1.45 bits per heavy atom. The molecule has 0 N–H and O–H groups in total. The Balaban J connectivity index is 1.55. The molecule has 4 nitrogen and oxygen atoms in total. The molecule has 1 heterocycles. The second kappa shape index (κ2) is 10.4. The van der Waals surface area contributed by atoms with Gasteiger partial charge in [0.1, 0.15) is 6.61 Å². The van der Waals surface area contributed by atoms with Crippen LogP contribution >= 0.6 is 0 Å². The number of aromatic nitrogens is 1. The van der Waals surface area contributed by atoms with Gasteiger partial charge in [-0.3, -0.25) is 0 Å². The fourth-order valence-electron chi connectivity index (χ4n) is 2.99. The molecule has 158 valence electrons. The highest BCUT2D eigenvalue weighted by Gasteiger charge is 2.06. The summed E-state index contributed by atoms with van der Waals surface area (Å²) in [6.45, 7) is 6.27. The number of carbonyl (C=O) groups is 1. The first kappa shape index (κ1) is 22.0. The van der Waals surface area contributed by atoms with Gasteiger partial charge in [0.2, 0.25) is 0 Å². The first-order chi connectivity index (χ1) is 14.9. The highest BCUT2D eigenvalue weighted by Crippen LogP contribution is 2.14. The molecular formula is C27H29N2O2+. The summed E-state index contributed by atoms with van der Waals surface area (Å²) in [6.07, 6.45) is 8.41. The zero-order chi connectivity index (χ0) is 22.2. The molecule has 0 saturated carbocycles. The molecule has 3 rings (SSSR count). The van der Waals surface area contributed by atoms with E-state index >= 15 is 0 Å². The lowest BCUT2D eigenvalue weighted by Gasteiger charge is -2.11. The van der Waals surface area contributed by atoms with Crippen molar-refractivity contribution in [3.63, 3.8) is 0 Å². The van der Waals surface area contributed by atoms with Crippen molar-refractivity contribution in [3.05, 3.63) is 107 Å². The maximum absolute atomic E-state index is 11.5. The minimum atomic E-state index is -0.362. The molecule has 31 heavy (non-hydrogen) atoms. The second-order valence-corrected chi connectivity index (χ2v) is 7.80. The number of esters is 1.